The van der Waals surface area contributed by atoms with Crippen molar-refractivity contribution in [1.82, 2.24) is 4.98 Å². The van der Waals surface area contributed by atoms with Crippen LogP contribution in [-0.2, 0) is 5.54 Å². The zero-order chi connectivity index (χ0) is 10.9. The molecule has 1 rings (SSSR count). The fourth-order valence-corrected chi connectivity index (χ4v) is 1.44. The van der Waals surface area contributed by atoms with Crippen molar-refractivity contribution in [3.05, 3.63) is 28.5 Å². The minimum absolute atomic E-state index is 0.0373. The van der Waals surface area contributed by atoms with Crippen LogP contribution < -0.4 is 5.73 Å². The molecule has 0 radical (unpaired) electrons. The molecule has 0 spiro atoms. The molecule has 0 aromatic carbocycles. The predicted octanol–water partition coefficient (Wildman–Crippen LogP) is 2.48. The molecule has 0 amide bonds. The molecule has 2 N–H and O–H groups in total. The van der Waals surface area contributed by atoms with Crippen LogP contribution in [0.3, 0.4) is 0 Å². The van der Waals surface area contributed by atoms with Gasteiger partial charge < -0.3 is 5.73 Å². The molecular formula is C9H11ClF2N2. The molecular weight excluding hydrogens is 210 g/mol. The van der Waals surface area contributed by atoms with E-state index < -0.39 is 12.0 Å². The number of nitrogens with two attached hydrogens (primary N) is 1. The molecule has 2 nitrogen and oxygen atoms in total. The van der Waals surface area contributed by atoms with Crippen LogP contribution in [0.4, 0.5) is 8.78 Å². The molecule has 1 aromatic heterocycles. The highest BCUT2D eigenvalue weighted by Gasteiger charge is 2.34. The van der Waals surface area contributed by atoms with E-state index in [-0.39, 0.29) is 10.7 Å². The number of pyridine rings is 1. The zero-order valence-electron chi connectivity index (χ0n) is 7.89. The van der Waals surface area contributed by atoms with Gasteiger partial charge in [0.15, 0.2) is 0 Å². The molecule has 5 heteroatoms. The van der Waals surface area contributed by atoms with Crippen LogP contribution in [0.25, 0.3) is 0 Å². The number of hydrogen-bond acceptors (Lipinski definition) is 2. The molecule has 1 aromatic rings. The maximum Gasteiger partial charge on any atom is 0.260 e. The number of hydrogen-bond donors (Lipinski definition) is 1. The summed E-state index contributed by atoms with van der Waals surface area (Å²) < 4.78 is 25.1. The molecule has 78 valence electrons. The molecule has 14 heavy (non-hydrogen) atoms. The van der Waals surface area contributed by atoms with Crippen molar-refractivity contribution in [1.29, 1.82) is 0 Å². The van der Waals surface area contributed by atoms with Crippen LogP contribution in [0.15, 0.2) is 12.1 Å². The Kier molecular flexibility index (Phi) is 3.07. The Morgan fingerprint density at radius 1 is 1.50 bits per heavy atom. The van der Waals surface area contributed by atoms with Gasteiger partial charge in [-0.25, -0.2) is 13.8 Å². The van der Waals surface area contributed by atoms with E-state index in [1.807, 2.05) is 0 Å². The van der Waals surface area contributed by atoms with Crippen molar-refractivity contribution in [2.45, 2.75) is 25.8 Å². The summed E-state index contributed by atoms with van der Waals surface area (Å²) in [5.74, 6) is 0. The Hall–Kier alpha value is -0.740. The fraction of sp³-hybridized carbons (Fsp3) is 0.444. The molecule has 0 aliphatic rings. The number of nitrogens with zero attached hydrogens (tertiary/aromatic N) is 1. The van der Waals surface area contributed by atoms with Crippen molar-refractivity contribution in [3.63, 3.8) is 0 Å². The third kappa shape index (κ3) is 2.01. The van der Waals surface area contributed by atoms with Gasteiger partial charge in [0.2, 0.25) is 0 Å². The first kappa shape index (κ1) is 11.3. The third-order valence-electron chi connectivity index (χ3n) is 2.02. The zero-order valence-corrected chi connectivity index (χ0v) is 8.65. The van der Waals surface area contributed by atoms with Gasteiger partial charge in [0.1, 0.15) is 10.7 Å². The van der Waals surface area contributed by atoms with E-state index in [0.29, 0.717) is 5.69 Å². The smallest absolute Gasteiger partial charge is 0.260 e. The summed E-state index contributed by atoms with van der Waals surface area (Å²) in [6, 6.07) is 3.09. The van der Waals surface area contributed by atoms with Crippen LogP contribution in [-0.4, -0.2) is 11.4 Å². The van der Waals surface area contributed by atoms with Crippen LogP contribution in [0.2, 0.25) is 5.15 Å². The van der Waals surface area contributed by atoms with Crippen LogP contribution in [0.5, 0.6) is 0 Å². The summed E-state index contributed by atoms with van der Waals surface area (Å²) in [7, 11) is 0. The minimum Gasteiger partial charge on any atom is -0.317 e. The Morgan fingerprint density at radius 3 is 2.50 bits per heavy atom. The van der Waals surface area contributed by atoms with Gasteiger partial charge in [0, 0.05) is 11.3 Å². The van der Waals surface area contributed by atoms with Gasteiger partial charge in [-0.05, 0) is 19.9 Å². The second kappa shape index (κ2) is 3.79. The lowest BCUT2D eigenvalue weighted by atomic mass is 9.95. The van der Waals surface area contributed by atoms with Gasteiger partial charge in [0.05, 0.1) is 0 Å². The van der Waals surface area contributed by atoms with Gasteiger partial charge in [-0.3, -0.25) is 0 Å². The van der Waals surface area contributed by atoms with Crippen LogP contribution >= 0.6 is 11.6 Å². The van der Waals surface area contributed by atoms with Crippen molar-refractivity contribution < 1.29 is 8.78 Å². The SMILES string of the molecule is Cc1ccc(C(C)(N)C(F)F)c(Cl)n1. The Morgan fingerprint density at radius 2 is 2.07 bits per heavy atom. The normalized spacial score (nSPS) is 15.6. The highest BCUT2D eigenvalue weighted by atomic mass is 35.5. The van der Waals surface area contributed by atoms with Gasteiger partial charge in [-0.15, -0.1) is 0 Å². The van der Waals surface area contributed by atoms with E-state index in [4.69, 9.17) is 17.3 Å². The summed E-state index contributed by atoms with van der Waals surface area (Å²) in [4.78, 5) is 3.87. The molecule has 0 fully saturated rings. The molecule has 0 aliphatic carbocycles. The second-order valence-corrected chi connectivity index (χ2v) is 3.73. The molecule has 0 saturated heterocycles. The fourth-order valence-electron chi connectivity index (χ4n) is 1.04. The van der Waals surface area contributed by atoms with Crippen LogP contribution in [0.1, 0.15) is 18.2 Å². The highest BCUT2D eigenvalue weighted by molar-refractivity contribution is 6.30. The Bertz CT molecular complexity index is 340. The van der Waals surface area contributed by atoms with Crippen molar-refractivity contribution in [2.75, 3.05) is 0 Å². The van der Waals surface area contributed by atoms with E-state index in [9.17, 15) is 8.78 Å². The minimum atomic E-state index is -2.68. The number of aryl methyl sites for hydroxylation is 1. The maximum absolute atomic E-state index is 12.6. The summed E-state index contributed by atoms with van der Waals surface area (Å²) in [6.45, 7) is 2.96. The van der Waals surface area contributed by atoms with Gasteiger partial charge in [0.25, 0.3) is 6.43 Å². The number of rotatable bonds is 2. The average molecular weight is 221 g/mol. The monoisotopic (exact) mass is 220 g/mol. The highest BCUT2D eigenvalue weighted by Crippen LogP contribution is 2.29. The number of alkyl halides is 2. The molecule has 0 saturated carbocycles. The van der Waals surface area contributed by atoms with Crippen molar-refractivity contribution in [2.24, 2.45) is 5.73 Å². The lowest BCUT2D eigenvalue weighted by molar-refractivity contribution is 0.0624. The lowest BCUT2D eigenvalue weighted by Gasteiger charge is -2.24. The number of aromatic nitrogens is 1. The Balaban J connectivity index is 3.19. The first-order valence-electron chi connectivity index (χ1n) is 4.06. The first-order valence-corrected chi connectivity index (χ1v) is 4.44. The van der Waals surface area contributed by atoms with E-state index in [1.165, 1.54) is 13.0 Å². The maximum atomic E-state index is 12.6. The first-order chi connectivity index (χ1) is 6.35. The molecule has 0 bridgehead atoms. The van der Waals surface area contributed by atoms with E-state index in [2.05, 4.69) is 4.98 Å². The summed E-state index contributed by atoms with van der Waals surface area (Å²) in [5, 5.41) is 0.0373. The van der Waals surface area contributed by atoms with Crippen molar-refractivity contribution in [3.8, 4) is 0 Å². The van der Waals surface area contributed by atoms with Gasteiger partial charge in [-0.2, -0.15) is 0 Å². The van der Waals surface area contributed by atoms with Gasteiger partial charge >= 0.3 is 0 Å². The summed E-state index contributed by atoms with van der Waals surface area (Å²) in [5.41, 5.74) is 4.54. The number of halogens is 3. The summed E-state index contributed by atoms with van der Waals surface area (Å²) in [6.07, 6.45) is -2.68. The second-order valence-electron chi connectivity index (χ2n) is 3.37. The molecule has 1 unspecified atom stereocenters. The molecule has 1 heterocycles. The van der Waals surface area contributed by atoms with E-state index in [0.717, 1.165) is 0 Å². The van der Waals surface area contributed by atoms with Crippen molar-refractivity contribution >= 4 is 11.6 Å². The topological polar surface area (TPSA) is 38.9 Å². The van der Waals surface area contributed by atoms with Crippen LogP contribution in [0, 0.1) is 6.92 Å². The average Bonchev–Trinajstić information content (AvgIpc) is 2.02. The van der Waals surface area contributed by atoms with E-state index >= 15 is 0 Å². The quantitative estimate of drug-likeness (QED) is 0.778. The predicted molar refractivity (Wildman–Crippen MR) is 51.5 cm³/mol. The lowest BCUT2D eigenvalue weighted by Crippen LogP contribution is -2.41. The molecule has 1 atom stereocenters. The summed E-state index contributed by atoms with van der Waals surface area (Å²) >= 11 is 5.73. The Labute approximate surface area is 86.1 Å². The van der Waals surface area contributed by atoms with E-state index in [1.54, 1.807) is 13.0 Å². The third-order valence-corrected chi connectivity index (χ3v) is 2.31. The molecule has 0 aliphatic heterocycles. The largest absolute Gasteiger partial charge is 0.317 e. The van der Waals surface area contributed by atoms with Gasteiger partial charge in [-0.1, -0.05) is 17.7 Å². The standard InChI is InChI=1S/C9H11ClF2N2/c1-5-3-4-6(7(10)14-5)9(2,13)8(11)12/h3-4,8H,13H2,1-2H3.